The minimum atomic E-state index is -1.21. The Morgan fingerprint density at radius 2 is 2.00 bits per heavy atom. The van der Waals surface area contributed by atoms with Crippen LogP contribution >= 0.6 is 11.8 Å². The smallest absolute Gasteiger partial charge is 0.256 e. The predicted octanol–water partition coefficient (Wildman–Crippen LogP) is -0.00270. The first-order valence-electron chi connectivity index (χ1n) is 7.64. The highest BCUT2D eigenvalue weighted by Gasteiger charge is 2.50. The number of likely N-dealkylation sites (tertiary alicyclic amines) is 1. The molecule has 0 N–H and O–H groups in total. The summed E-state index contributed by atoms with van der Waals surface area (Å²) in [6.07, 6.45) is 1.08. The van der Waals surface area contributed by atoms with E-state index in [9.17, 15) is 19.5 Å². The molecule has 2 saturated heterocycles. The van der Waals surface area contributed by atoms with Crippen LogP contribution in [-0.2, 0) is 9.59 Å². The van der Waals surface area contributed by atoms with Crippen molar-refractivity contribution in [1.29, 1.82) is 0 Å². The van der Waals surface area contributed by atoms with E-state index in [1.165, 1.54) is 4.90 Å². The van der Waals surface area contributed by atoms with Crippen molar-refractivity contribution in [1.82, 2.24) is 9.80 Å². The molecular formula is C16H15N2O4S-. The van der Waals surface area contributed by atoms with Gasteiger partial charge in [0.25, 0.3) is 5.91 Å². The van der Waals surface area contributed by atoms with Crippen molar-refractivity contribution in [3.05, 3.63) is 35.4 Å². The maximum atomic E-state index is 12.8. The van der Waals surface area contributed by atoms with E-state index >= 15 is 0 Å². The highest BCUT2D eigenvalue weighted by atomic mass is 32.2. The average Bonchev–Trinajstić information content (AvgIpc) is 3.24. The molecule has 1 aromatic carbocycles. The molecule has 7 heteroatoms. The van der Waals surface area contributed by atoms with Gasteiger partial charge in [0.1, 0.15) is 11.4 Å². The van der Waals surface area contributed by atoms with E-state index in [0.29, 0.717) is 30.7 Å². The van der Waals surface area contributed by atoms with Crippen LogP contribution in [0.2, 0.25) is 0 Å². The highest BCUT2D eigenvalue weighted by Crippen LogP contribution is 2.48. The lowest BCUT2D eigenvalue weighted by Crippen LogP contribution is -2.53. The number of hydrogen-bond acceptors (Lipinski definition) is 5. The van der Waals surface area contributed by atoms with E-state index in [2.05, 4.69) is 0 Å². The van der Waals surface area contributed by atoms with Crippen LogP contribution in [0.1, 0.15) is 34.1 Å². The van der Waals surface area contributed by atoms with Crippen LogP contribution in [0.5, 0.6) is 0 Å². The fourth-order valence-corrected chi connectivity index (χ4v) is 5.15. The summed E-state index contributed by atoms with van der Waals surface area (Å²) < 4.78 is 0. The number of hydrogen-bond donors (Lipinski definition) is 0. The number of aliphatic carboxylic acids is 1. The molecule has 0 aliphatic carbocycles. The summed E-state index contributed by atoms with van der Waals surface area (Å²) in [5, 5.41) is 11.1. The second-order valence-corrected chi connectivity index (χ2v) is 7.12. The van der Waals surface area contributed by atoms with Crippen molar-refractivity contribution in [3.63, 3.8) is 0 Å². The minimum absolute atomic E-state index is 0.141. The van der Waals surface area contributed by atoms with Gasteiger partial charge >= 0.3 is 0 Å². The average molecular weight is 331 g/mol. The maximum Gasteiger partial charge on any atom is 0.256 e. The molecule has 0 aromatic heterocycles. The van der Waals surface area contributed by atoms with Crippen molar-refractivity contribution in [2.45, 2.75) is 30.3 Å². The normalized spacial score (nSPS) is 28.9. The van der Waals surface area contributed by atoms with Gasteiger partial charge in [-0.2, -0.15) is 0 Å². The second kappa shape index (κ2) is 5.26. The van der Waals surface area contributed by atoms with Crippen LogP contribution in [-0.4, -0.2) is 52.0 Å². The molecule has 0 bridgehead atoms. The van der Waals surface area contributed by atoms with Crippen LogP contribution in [0, 0.1) is 0 Å². The SMILES string of the molecule is O=C([O-])[C@@H]1CCCN1C(=O)[C@@H]1CS[C@H]2c3ccccc3C(=O)N12. The van der Waals surface area contributed by atoms with Gasteiger partial charge in [-0.25, -0.2) is 0 Å². The number of thioether (sulfide) groups is 1. The second-order valence-electron chi connectivity index (χ2n) is 6.01. The molecule has 23 heavy (non-hydrogen) atoms. The van der Waals surface area contributed by atoms with E-state index in [4.69, 9.17) is 0 Å². The van der Waals surface area contributed by atoms with Gasteiger partial charge in [0.05, 0.1) is 12.0 Å². The summed E-state index contributed by atoms with van der Waals surface area (Å²) in [6, 6.07) is 5.93. The van der Waals surface area contributed by atoms with Crippen LogP contribution in [0.15, 0.2) is 24.3 Å². The quantitative estimate of drug-likeness (QED) is 0.762. The molecule has 0 radical (unpaired) electrons. The Bertz CT molecular complexity index is 707. The molecule has 2 fully saturated rings. The number of carboxylic acids is 1. The van der Waals surface area contributed by atoms with Gasteiger partial charge in [0.2, 0.25) is 5.91 Å². The summed E-state index contributed by atoms with van der Waals surface area (Å²) in [5.74, 6) is -1.13. The molecule has 0 spiro atoms. The van der Waals surface area contributed by atoms with Crippen molar-refractivity contribution in [3.8, 4) is 0 Å². The lowest BCUT2D eigenvalue weighted by Gasteiger charge is -2.31. The summed E-state index contributed by atoms with van der Waals surface area (Å²) in [4.78, 5) is 39.7. The molecule has 120 valence electrons. The van der Waals surface area contributed by atoms with E-state index in [-0.39, 0.29) is 17.2 Å². The number of carbonyl (C=O) groups is 3. The topological polar surface area (TPSA) is 80.7 Å². The van der Waals surface area contributed by atoms with Gasteiger partial charge < -0.3 is 19.7 Å². The van der Waals surface area contributed by atoms with Gasteiger partial charge in [0, 0.05) is 17.9 Å². The van der Waals surface area contributed by atoms with Crippen LogP contribution < -0.4 is 5.11 Å². The Morgan fingerprint density at radius 1 is 1.22 bits per heavy atom. The largest absolute Gasteiger partial charge is 0.548 e. The molecule has 0 unspecified atom stereocenters. The maximum absolute atomic E-state index is 12.8. The number of benzene rings is 1. The van der Waals surface area contributed by atoms with Crippen molar-refractivity contribution >= 4 is 29.5 Å². The Hall–Kier alpha value is -2.02. The number of carboxylic acid groups (broad SMARTS) is 1. The summed E-state index contributed by atoms with van der Waals surface area (Å²) in [5.41, 5.74) is 1.58. The molecule has 4 rings (SSSR count). The fourth-order valence-electron chi connectivity index (χ4n) is 3.70. The van der Waals surface area contributed by atoms with Crippen LogP contribution in [0.3, 0.4) is 0 Å². The molecule has 0 saturated carbocycles. The summed E-state index contributed by atoms with van der Waals surface area (Å²) in [6.45, 7) is 0.415. The Morgan fingerprint density at radius 3 is 2.78 bits per heavy atom. The zero-order valence-electron chi connectivity index (χ0n) is 12.3. The number of carbonyl (C=O) groups excluding carboxylic acids is 3. The minimum Gasteiger partial charge on any atom is -0.548 e. The third-order valence-corrected chi connectivity index (χ3v) is 6.09. The number of nitrogens with zero attached hydrogens (tertiary/aromatic N) is 2. The molecule has 2 amide bonds. The van der Waals surface area contributed by atoms with Crippen molar-refractivity contribution < 1.29 is 19.5 Å². The fraction of sp³-hybridized carbons (Fsp3) is 0.438. The zero-order chi connectivity index (χ0) is 16.1. The molecule has 3 atom stereocenters. The molecule has 6 nitrogen and oxygen atoms in total. The van der Waals surface area contributed by atoms with Gasteiger partial charge in [-0.1, -0.05) is 18.2 Å². The Balaban J connectivity index is 1.62. The number of fused-ring (bicyclic) bond motifs is 3. The lowest BCUT2D eigenvalue weighted by atomic mass is 10.1. The van der Waals surface area contributed by atoms with E-state index in [1.54, 1.807) is 22.7 Å². The molecule has 3 heterocycles. The first-order chi connectivity index (χ1) is 11.1. The van der Waals surface area contributed by atoms with Gasteiger partial charge in [-0.3, -0.25) is 9.59 Å². The molecular weight excluding hydrogens is 316 g/mol. The Kier molecular flexibility index (Phi) is 3.33. The predicted molar refractivity (Wildman–Crippen MR) is 81.3 cm³/mol. The van der Waals surface area contributed by atoms with E-state index < -0.39 is 18.1 Å². The zero-order valence-corrected chi connectivity index (χ0v) is 13.1. The molecule has 3 aliphatic rings. The van der Waals surface area contributed by atoms with Crippen LogP contribution in [0.4, 0.5) is 0 Å². The van der Waals surface area contributed by atoms with Crippen molar-refractivity contribution in [2.24, 2.45) is 0 Å². The lowest BCUT2D eigenvalue weighted by molar-refractivity contribution is -0.310. The summed E-state index contributed by atoms with van der Waals surface area (Å²) in [7, 11) is 0. The highest BCUT2D eigenvalue weighted by molar-refractivity contribution is 7.99. The monoisotopic (exact) mass is 331 g/mol. The van der Waals surface area contributed by atoms with Gasteiger partial charge in [-0.15, -0.1) is 11.8 Å². The number of rotatable bonds is 2. The Labute approximate surface area is 137 Å². The van der Waals surface area contributed by atoms with E-state index in [0.717, 1.165) is 5.56 Å². The van der Waals surface area contributed by atoms with E-state index in [1.807, 2.05) is 18.2 Å². The molecule has 3 aliphatic heterocycles. The van der Waals surface area contributed by atoms with Crippen LogP contribution in [0.25, 0.3) is 0 Å². The first kappa shape index (κ1) is 14.6. The standard InChI is InChI=1S/C16H16N2O4S/c19-13-9-4-1-2-5-10(9)15-18(13)12(8-23-15)14(20)17-7-3-6-11(17)16(21)22/h1-2,4-5,11-12,15H,3,6-8H2,(H,21,22)/p-1/t11-,12-,15-/m0/s1. The van der Waals surface area contributed by atoms with Gasteiger partial charge in [-0.05, 0) is 24.5 Å². The van der Waals surface area contributed by atoms with Gasteiger partial charge in [0.15, 0.2) is 0 Å². The van der Waals surface area contributed by atoms with Crippen molar-refractivity contribution in [2.75, 3.05) is 12.3 Å². The molecule has 1 aromatic rings. The summed E-state index contributed by atoms with van der Waals surface area (Å²) >= 11 is 1.56. The number of amides is 2. The third kappa shape index (κ3) is 2.06. The first-order valence-corrected chi connectivity index (χ1v) is 8.69. The third-order valence-electron chi connectivity index (χ3n) is 4.79.